The van der Waals surface area contributed by atoms with E-state index in [1.807, 2.05) is 0 Å². The maximum atomic E-state index is 11.7. The number of hydrogen-bond donors (Lipinski definition) is 1. The van der Waals surface area contributed by atoms with E-state index in [4.69, 9.17) is 4.74 Å². The van der Waals surface area contributed by atoms with Gasteiger partial charge in [-0.3, -0.25) is 4.79 Å². The molecule has 168 valence electrons. The Morgan fingerprint density at radius 3 is 1.93 bits per heavy atom. The number of carboxylic acid groups (broad SMARTS) is 1. The quantitative estimate of drug-likeness (QED) is 0.103. The van der Waals surface area contributed by atoms with Crippen LogP contribution in [0, 0.1) is 0 Å². The minimum Gasteiger partial charge on any atom is -0.479 e. The third kappa shape index (κ3) is 19.4. The smallest absolute Gasteiger partial charge is 0.345 e. The number of hydrogen-bond acceptors (Lipinski definition) is 4. The Hall–Kier alpha value is -1.65. The Balaban J connectivity index is 3.64. The van der Waals surface area contributed by atoms with E-state index >= 15 is 0 Å². The Labute approximate surface area is 177 Å². The summed E-state index contributed by atoms with van der Waals surface area (Å²) in [5, 5.41) is 9.20. The summed E-state index contributed by atoms with van der Waals surface area (Å²) in [4.78, 5) is 33.2. The first-order chi connectivity index (χ1) is 14.1. The van der Waals surface area contributed by atoms with Gasteiger partial charge in [-0.1, -0.05) is 64.0 Å². The average Bonchev–Trinajstić information content (AvgIpc) is 2.70. The van der Waals surface area contributed by atoms with Crippen molar-refractivity contribution < 1.29 is 24.2 Å². The molecule has 0 aliphatic heterocycles. The lowest BCUT2D eigenvalue weighted by Gasteiger charge is -2.13. The van der Waals surface area contributed by atoms with Gasteiger partial charge in [-0.25, -0.2) is 4.79 Å². The molecule has 0 saturated carbocycles. The molecular weight excluding hydrogens is 368 g/mol. The molecule has 0 spiro atoms. The van der Waals surface area contributed by atoms with Crippen LogP contribution in [0.15, 0.2) is 12.2 Å². The number of carboxylic acids is 1. The zero-order valence-corrected chi connectivity index (χ0v) is 18.4. The van der Waals surface area contributed by atoms with Gasteiger partial charge in [-0.15, -0.1) is 0 Å². The van der Waals surface area contributed by atoms with Crippen LogP contribution in [-0.4, -0.2) is 29.4 Å². The van der Waals surface area contributed by atoms with Gasteiger partial charge in [0.25, 0.3) is 0 Å². The maximum absolute atomic E-state index is 11.7. The first kappa shape index (κ1) is 27.4. The van der Waals surface area contributed by atoms with Crippen LogP contribution < -0.4 is 0 Å². The fourth-order valence-corrected chi connectivity index (χ4v) is 3.17. The molecular formula is C24H42O5. The third-order valence-electron chi connectivity index (χ3n) is 4.98. The van der Waals surface area contributed by atoms with Gasteiger partial charge in [0, 0.05) is 12.8 Å². The zero-order chi connectivity index (χ0) is 21.6. The van der Waals surface area contributed by atoms with Gasteiger partial charge in [0.1, 0.15) is 6.29 Å². The number of ether oxygens (including phenoxy) is 1. The second kappa shape index (κ2) is 21.1. The van der Waals surface area contributed by atoms with Crippen LogP contribution in [0.3, 0.4) is 0 Å². The summed E-state index contributed by atoms with van der Waals surface area (Å²) >= 11 is 0. The highest BCUT2D eigenvalue weighted by atomic mass is 16.6. The van der Waals surface area contributed by atoms with Gasteiger partial charge < -0.3 is 14.6 Å². The van der Waals surface area contributed by atoms with Crippen molar-refractivity contribution in [2.45, 2.75) is 122 Å². The lowest BCUT2D eigenvalue weighted by Crippen LogP contribution is -2.27. The van der Waals surface area contributed by atoms with Gasteiger partial charge in [0.15, 0.2) is 6.10 Å². The fourth-order valence-electron chi connectivity index (χ4n) is 3.17. The van der Waals surface area contributed by atoms with Crippen molar-refractivity contribution in [3.63, 3.8) is 0 Å². The molecule has 1 N–H and O–H groups in total. The molecule has 0 aromatic carbocycles. The Morgan fingerprint density at radius 2 is 1.34 bits per heavy atom. The van der Waals surface area contributed by atoms with E-state index in [2.05, 4.69) is 19.1 Å². The predicted octanol–water partition coefficient (Wildman–Crippen LogP) is 6.39. The van der Waals surface area contributed by atoms with Gasteiger partial charge in [0.2, 0.25) is 0 Å². The fraction of sp³-hybridized carbons (Fsp3) is 0.792. The highest BCUT2D eigenvalue weighted by Gasteiger charge is 2.21. The van der Waals surface area contributed by atoms with E-state index < -0.39 is 18.0 Å². The van der Waals surface area contributed by atoms with Crippen LogP contribution in [0.4, 0.5) is 0 Å². The van der Waals surface area contributed by atoms with Crippen molar-refractivity contribution in [2.24, 2.45) is 0 Å². The Bertz CT molecular complexity index is 445. The molecule has 0 aliphatic rings. The van der Waals surface area contributed by atoms with E-state index in [0.29, 0.717) is 25.7 Å². The SMILES string of the molecule is CCCCCCCC/C=C\CCCCCCC(OC(=O)CCCCC=O)C(=O)O. The first-order valence-electron chi connectivity index (χ1n) is 11.6. The summed E-state index contributed by atoms with van der Waals surface area (Å²) < 4.78 is 5.07. The topological polar surface area (TPSA) is 80.7 Å². The van der Waals surface area contributed by atoms with Crippen LogP contribution in [-0.2, 0) is 19.1 Å². The molecule has 0 aromatic rings. The van der Waals surface area contributed by atoms with E-state index in [1.54, 1.807) is 0 Å². The Kier molecular flexibility index (Phi) is 19.9. The Morgan fingerprint density at radius 1 is 0.793 bits per heavy atom. The molecule has 0 radical (unpaired) electrons. The largest absolute Gasteiger partial charge is 0.479 e. The minimum absolute atomic E-state index is 0.169. The number of aliphatic carboxylic acids is 1. The highest BCUT2D eigenvalue weighted by molar-refractivity contribution is 5.77. The summed E-state index contributed by atoms with van der Waals surface area (Å²) in [5.41, 5.74) is 0. The number of aldehydes is 1. The van der Waals surface area contributed by atoms with E-state index in [-0.39, 0.29) is 6.42 Å². The molecule has 0 aliphatic carbocycles. The standard InChI is InChI=1S/C24H42O5/c1-2-3-4-5-6-7-8-9-10-11-12-13-14-16-19-22(24(27)28)29-23(26)20-17-15-18-21-25/h9-10,21-22H,2-8,11-20H2,1H3,(H,27,28)/b10-9-. The molecule has 1 atom stereocenters. The number of allylic oxidation sites excluding steroid dienone is 2. The van der Waals surface area contributed by atoms with E-state index in [9.17, 15) is 19.5 Å². The molecule has 0 saturated heterocycles. The summed E-state index contributed by atoms with van der Waals surface area (Å²) in [6.07, 6.45) is 20.6. The van der Waals surface area contributed by atoms with Crippen molar-refractivity contribution in [1.29, 1.82) is 0 Å². The van der Waals surface area contributed by atoms with Crippen molar-refractivity contribution in [2.75, 3.05) is 0 Å². The normalized spacial score (nSPS) is 12.2. The van der Waals surface area contributed by atoms with Crippen molar-refractivity contribution in [3.05, 3.63) is 12.2 Å². The van der Waals surface area contributed by atoms with Crippen LogP contribution in [0.2, 0.25) is 0 Å². The monoisotopic (exact) mass is 410 g/mol. The summed E-state index contributed by atoms with van der Waals surface area (Å²) in [6.45, 7) is 2.24. The second-order valence-electron chi connectivity index (χ2n) is 7.75. The van der Waals surface area contributed by atoms with Crippen molar-refractivity contribution >= 4 is 18.2 Å². The zero-order valence-electron chi connectivity index (χ0n) is 18.4. The molecule has 0 rings (SSSR count). The second-order valence-corrected chi connectivity index (χ2v) is 7.75. The molecule has 1 unspecified atom stereocenters. The highest BCUT2D eigenvalue weighted by Crippen LogP contribution is 2.12. The molecule has 29 heavy (non-hydrogen) atoms. The van der Waals surface area contributed by atoms with Crippen molar-refractivity contribution in [3.8, 4) is 0 Å². The van der Waals surface area contributed by atoms with E-state index in [1.165, 1.54) is 44.9 Å². The van der Waals surface area contributed by atoms with Gasteiger partial charge in [-0.05, 0) is 51.4 Å². The summed E-state index contributed by atoms with van der Waals surface area (Å²) in [6, 6.07) is 0. The van der Waals surface area contributed by atoms with Gasteiger partial charge >= 0.3 is 11.9 Å². The average molecular weight is 411 g/mol. The molecule has 0 amide bonds. The number of unbranched alkanes of at least 4 members (excludes halogenated alkanes) is 12. The molecule has 5 heteroatoms. The number of carbonyl (C=O) groups excluding carboxylic acids is 2. The van der Waals surface area contributed by atoms with Gasteiger partial charge in [-0.2, -0.15) is 0 Å². The summed E-state index contributed by atoms with van der Waals surface area (Å²) in [7, 11) is 0. The van der Waals surface area contributed by atoms with Gasteiger partial charge in [0.05, 0.1) is 0 Å². The van der Waals surface area contributed by atoms with Crippen LogP contribution in [0.1, 0.15) is 116 Å². The minimum atomic E-state index is -1.08. The first-order valence-corrected chi connectivity index (χ1v) is 11.6. The van der Waals surface area contributed by atoms with Crippen LogP contribution >= 0.6 is 0 Å². The number of rotatable bonds is 21. The van der Waals surface area contributed by atoms with Crippen LogP contribution in [0.25, 0.3) is 0 Å². The molecule has 0 aromatic heterocycles. The van der Waals surface area contributed by atoms with Crippen molar-refractivity contribution in [1.82, 2.24) is 0 Å². The predicted molar refractivity (Wildman–Crippen MR) is 117 cm³/mol. The lowest BCUT2D eigenvalue weighted by molar-refractivity contribution is -0.164. The lowest BCUT2D eigenvalue weighted by atomic mass is 10.1. The summed E-state index contributed by atoms with van der Waals surface area (Å²) in [5.74, 6) is -1.57. The molecule has 5 nitrogen and oxygen atoms in total. The third-order valence-corrected chi connectivity index (χ3v) is 4.98. The molecule has 0 fully saturated rings. The molecule has 0 bridgehead atoms. The molecule has 0 heterocycles. The van der Waals surface area contributed by atoms with E-state index in [0.717, 1.165) is 38.4 Å². The number of carbonyl (C=O) groups is 3. The maximum Gasteiger partial charge on any atom is 0.345 e. The number of esters is 1. The van der Waals surface area contributed by atoms with Crippen LogP contribution in [0.5, 0.6) is 0 Å².